The molecule has 0 radical (unpaired) electrons. The van der Waals surface area contributed by atoms with Crippen molar-refractivity contribution in [3.05, 3.63) is 45.4 Å². The molecular formula is C17H20N4O2S. The van der Waals surface area contributed by atoms with Crippen molar-refractivity contribution >= 4 is 28.8 Å². The Bertz CT molecular complexity index is 766. The molecule has 2 aromatic rings. The molecule has 0 aliphatic carbocycles. The first-order valence-electron chi connectivity index (χ1n) is 7.95. The molecule has 0 bridgehead atoms. The molecule has 0 saturated carbocycles. The van der Waals surface area contributed by atoms with Crippen molar-refractivity contribution in [2.24, 2.45) is 5.73 Å². The number of nitrogens with zero attached hydrogens (tertiary/aromatic N) is 2. The van der Waals surface area contributed by atoms with Crippen LogP contribution in [0.3, 0.4) is 0 Å². The van der Waals surface area contributed by atoms with Crippen molar-refractivity contribution in [3.63, 3.8) is 0 Å². The van der Waals surface area contributed by atoms with Crippen LogP contribution in [0.25, 0.3) is 0 Å². The average Bonchev–Trinajstić information content (AvgIpc) is 3.26. The number of aryl methyl sites for hydroxylation is 1. The maximum Gasteiger partial charge on any atom is 0.275 e. The summed E-state index contributed by atoms with van der Waals surface area (Å²) in [7, 11) is 0. The van der Waals surface area contributed by atoms with Gasteiger partial charge in [0.15, 0.2) is 0 Å². The average molecular weight is 344 g/mol. The van der Waals surface area contributed by atoms with Gasteiger partial charge in [-0.2, -0.15) is 0 Å². The molecule has 3 rings (SSSR count). The van der Waals surface area contributed by atoms with Crippen LogP contribution in [0.2, 0.25) is 0 Å². The van der Waals surface area contributed by atoms with Crippen molar-refractivity contribution in [3.8, 4) is 0 Å². The number of anilines is 1. The molecule has 2 amide bonds. The predicted octanol–water partition coefficient (Wildman–Crippen LogP) is 2.40. The molecule has 1 fully saturated rings. The van der Waals surface area contributed by atoms with Crippen LogP contribution in [-0.2, 0) is 6.54 Å². The number of rotatable bonds is 4. The van der Waals surface area contributed by atoms with Gasteiger partial charge in [-0.25, -0.2) is 4.98 Å². The Labute approximate surface area is 144 Å². The number of carbonyl (C=O) groups is 2. The minimum atomic E-state index is -0.327. The Morgan fingerprint density at radius 3 is 2.75 bits per heavy atom. The normalized spacial score (nSPS) is 14.0. The fourth-order valence-corrected chi connectivity index (χ4v) is 3.48. The Kier molecular flexibility index (Phi) is 4.92. The summed E-state index contributed by atoms with van der Waals surface area (Å²) in [5, 5.41) is 5.21. The lowest BCUT2D eigenvalue weighted by atomic mass is 10.0. The Morgan fingerprint density at radius 2 is 2.08 bits per heavy atom. The molecule has 1 aromatic heterocycles. The van der Waals surface area contributed by atoms with Crippen LogP contribution in [-0.4, -0.2) is 34.8 Å². The summed E-state index contributed by atoms with van der Waals surface area (Å²) in [5.74, 6) is -0.353. The van der Waals surface area contributed by atoms with E-state index in [9.17, 15) is 9.59 Å². The van der Waals surface area contributed by atoms with Gasteiger partial charge in [-0.15, -0.1) is 11.3 Å². The molecule has 1 aliphatic heterocycles. The first kappa shape index (κ1) is 16.6. The Hall–Kier alpha value is -2.25. The summed E-state index contributed by atoms with van der Waals surface area (Å²) in [4.78, 5) is 31.2. The summed E-state index contributed by atoms with van der Waals surface area (Å²) < 4.78 is 0. The number of aromatic nitrogens is 1. The van der Waals surface area contributed by atoms with Gasteiger partial charge in [-0.05, 0) is 31.4 Å². The molecule has 6 nitrogen and oxygen atoms in total. The van der Waals surface area contributed by atoms with Crippen molar-refractivity contribution < 1.29 is 9.59 Å². The first-order chi connectivity index (χ1) is 11.6. The van der Waals surface area contributed by atoms with Gasteiger partial charge in [0, 0.05) is 25.0 Å². The van der Waals surface area contributed by atoms with Crippen LogP contribution < -0.4 is 11.1 Å². The zero-order valence-electron chi connectivity index (χ0n) is 13.5. The number of carbonyl (C=O) groups excluding carboxylic acids is 2. The van der Waals surface area contributed by atoms with Gasteiger partial charge in [-0.3, -0.25) is 9.59 Å². The van der Waals surface area contributed by atoms with Crippen LogP contribution in [0, 0.1) is 6.92 Å². The van der Waals surface area contributed by atoms with Crippen molar-refractivity contribution in [1.82, 2.24) is 9.88 Å². The monoisotopic (exact) mass is 344 g/mol. The first-order valence-corrected chi connectivity index (χ1v) is 8.83. The number of benzene rings is 1. The van der Waals surface area contributed by atoms with E-state index in [1.807, 2.05) is 24.0 Å². The number of hydrogen-bond donors (Lipinski definition) is 2. The molecule has 0 unspecified atom stereocenters. The Morgan fingerprint density at radius 1 is 1.33 bits per heavy atom. The van der Waals surface area contributed by atoms with E-state index in [0.29, 0.717) is 28.5 Å². The molecule has 1 aromatic carbocycles. The standard InChI is InChI=1S/C17H20N4O2S/c1-11-5-4-6-12(15(11)17(23)21-7-2-3-8-21)20-16(22)13-10-24-14(9-18)19-13/h4-6,10H,2-3,7-9,18H2,1H3,(H,20,22). The number of amides is 2. The lowest BCUT2D eigenvalue weighted by Crippen LogP contribution is -2.29. The highest BCUT2D eigenvalue weighted by atomic mass is 32.1. The van der Waals surface area contributed by atoms with E-state index < -0.39 is 0 Å². The zero-order valence-corrected chi connectivity index (χ0v) is 14.4. The lowest BCUT2D eigenvalue weighted by molar-refractivity contribution is 0.0793. The van der Waals surface area contributed by atoms with Gasteiger partial charge in [-0.1, -0.05) is 12.1 Å². The highest BCUT2D eigenvalue weighted by molar-refractivity contribution is 7.09. The summed E-state index contributed by atoms with van der Waals surface area (Å²) in [6.45, 7) is 3.73. The highest BCUT2D eigenvalue weighted by Crippen LogP contribution is 2.24. The number of nitrogens with one attached hydrogen (secondary N) is 1. The molecule has 126 valence electrons. The third-order valence-corrected chi connectivity index (χ3v) is 4.96. The van der Waals surface area contributed by atoms with E-state index in [-0.39, 0.29) is 11.8 Å². The second-order valence-electron chi connectivity index (χ2n) is 5.78. The summed E-state index contributed by atoms with van der Waals surface area (Å²) in [6, 6.07) is 5.47. The molecule has 2 heterocycles. The fraction of sp³-hybridized carbons (Fsp3) is 0.353. The van der Waals surface area contributed by atoms with E-state index in [1.165, 1.54) is 11.3 Å². The molecule has 0 spiro atoms. The van der Waals surface area contributed by atoms with Gasteiger partial charge in [0.1, 0.15) is 10.7 Å². The minimum absolute atomic E-state index is 0.0261. The lowest BCUT2D eigenvalue weighted by Gasteiger charge is -2.19. The topological polar surface area (TPSA) is 88.3 Å². The van der Waals surface area contributed by atoms with E-state index in [0.717, 1.165) is 31.5 Å². The number of hydrogen-bond acceptors (Lipinski definition) is 5. The molecule has 24 heavy (non-hydrogen) atoms. The van der Waals surface area contributed by atoms with Crippen LogP contribution in [0.15, 0.2) is 23.6 Å². The van der Waals surface area contributed by atoms with E-state index in [4.69, 9.17) is 5.73 Å². The fourth-order valence-electron chi connectivity index (χ4n) is 2.83. The molecule has 1 saturated heterocycles. The van der Waals surface area contributed by atoms with Crippen LogP contribution >= 0.6 is 11.3 Å². The summed E-state index contributed by atoms with van der Waals surface area (Å²) in [6.07, 6.45) is 2.06. The van der Waals surface area contributed by atoms with Gasteiger partial charge in [0.25, 0.3) is 11.8 Å². The molecule has 7 heteroatoms. The predicted molar refractivity (Wildman–Crippen MR) is 94.3 cm³/mol. The van der Waals surface area contributed by atoms with E-state index in [2.05, 4.69) is 10.3 Å². The van der Waals surface area contributed by atoms with E-state index in [1.54, 1.807) is 11.4 Å². The maximum absolute atomic E-state index is 12.8. The molecule has 1 aliphatic rings. The third kappa shape index (κ3) is 3.32. The smallest absolute Gasteiger partial charge is 0.275 e. The van der Waals surface area contributed by atoms with Gasteiger partial charge < -0.3 is 16.0 Å². The zero-order chi connectivity index (χ0) is 17.1. The second-order valence-corrected chi connectivity index (χ2v) is 6.72. The molecule has 3 N–H and O–H groups in total. The van der Waals surface area contributed by atoms with Gasteiger partial charge in [0.2, 0.25) is 0 Å². The molecular weight excluding hydrogens is 324 g/mol. The Balaban J connectivity index is 1.86. The van der Waals surface area contributed by atoms with Gasteiger partial charge in [0.05, 0.1) is 11.3 Å². The van der Waals surface area contributed by atoms with Crippen LogP contribution in [0.5, 0.6) is 0 Å². The number of nitrogens with two attached hydrogens (primary N) is 1. The van der Waals surface area contributed by atoms with Crippen LogP contribution in [0.1, 0.15) is 44.3 Å². The third-order valence-electron chi connectivity index (χ3n) is 4.09. The largest absolute Gasteiger partial charge is 0.339 e. The number of likely N-dealkylation sites (tertiary alicyclic amines) is 1. The SMILES string of the molecule is Cc1cccc(NC(=O)c2csc(CN)n2)c1C(=O)N1CCCC1. The van der Waals surface area contributed by atoms with Crippen molar-refractivity contribution in [2.75, 3.05) is 18.4 Å². The summed E-state index contributed by atoms with van der Waals surface area (Å²) in [5.41, 5.74) is 7.79. The second kappa shape index (κ2) is 7.11. The maximum atomic E-state index is 12.8. The van der Waals surface area contributed by atoms with Crippen molar-refractivity contribution in [2.45, 2.75) is 26.3 Å². The van der Waals surface area contributed by atoms with Crippen LogP contribution in [0.4, 0.5) is 5.69 Å². The van der Waals surface area contributed by atoms with E-state index >= 15 is 0 Å². The van der Waals surface area contributed by atoms with Crippen molar-refractivity contribution in [1.29, 1.82) is 0 Å². The quantitative estimate of drug-likeness (QED) is 0.891. The van der Waals surface area contributed by atoms with Gasteiger partial charge >= 0.3 is 0 Å². The minimum Gasteiger partial charge on any atom is -0.339 e. The molecule has 0 atom stereocenters. The number of thiazole rings is 1. The summed E-state index contributed by atoms with van der Waals surface area (Å²) >= 11 is 1.35. The highest BCUT2D eigenvalue weighted by Gasteiger charge is 2.24.